The first-order valence-corrected chi connectivity index (χ1v) is 9.09. The van der Waals surface area contributed by atoms with Crippen molar-refractivity contribution in [2.45, 2.75) is 33.4 Å². The molecule has 0 aliphatic heterocycles. The lowest BCUT2D eigenvalue weighted by Crippen LogP contribution is -2.45. The number of carbonyl (C=O) groups is 1. The standard InChI is InChI=1S/C21H22N4O3/c1-4-24-20(27)18(19(26)22-15(3)16-10-6-5-7-11-16)23-25(21(24)28)17-12-8-9-14(2)13-17/h5-13,15H,4H2,1-3H3,(H,22,26)/t15-/m0/s1. The van der Waals surface area contributed by atoms with Crippen LogP contribution in [-0.4, -0.2) is 20.3 Å². The monoisotopic (exact) mass is 378 g/mol. The van der Waals surface area contributed by atoms with E-state index >= 15 is 0 Å². The van der Waals surface area contributed by atoms with Gasteiger partial charge in [-0.05, 0) is 44.0 Å². The first kappa shape index (κ1) is 19.3. The molecular weight excluding hydrogens is 356 g/mol. The van der Waals surface area contributed by atoms with E-state index in [0.29, 0.717) is 5.69 Å². The number of hydrogen-bond acceptors (Lipinski definition) is 4. The van der Waals surface area contributed by atoms with Gasteiger partial charge in [-0.15, -0.1) is 0 Å². The van der Waals surface area contributed by atoms with E-state index in [1.54, 1.807) is 25.1 Å². The highest BCUT2D eigenvalue weighted by molar-refractivity contribution is 5.92. The van der Waals surface area contributed by atoms with Crippen LogP contribution in [0.15, 0.2) is 64.2 Å². The minimum atomic E-state index is -0.700. The molecule has 7 heteroatoms. The molecule has 3 aromatic rings. The van der Waals surface area contributed by atoms with Crippen molar-refractivity contribution >= 4 is 5.91 Å². The Morgan fingerprint density at radius 1 is 1.11 bits per heavy atom. The smallest absolute Gasteiger partial charge is 0.344 e. The van der Waals surface area contributed by atoms with E-state index in [0.717, 1.165) is 20.4 Å². The normalized spacial score (nSPS) is 11.8. The first-order valence-electron chi connectivity index (χ1n) is 9.09. The predicted octanol–water partition coefficient (Wildman–Crippen LogP) is 2.21. The summed E-state index contributed by atoms with van der Waals surface area (Å²) in [6, 6.07) is 16.2. The van der Waals surface area contributed by atoms with E-state index in [1.807, 2.05) is 50.2 Å². The van der Waals surface area contributed by atoms with Crippen molar-refractivity contribution in [3.63, 3.8) is 0 Å². The van der Waals surface area contributed by atoms with Crippen LogP contribution in [0.2, 0.25) is 0 Å². The van der Waals surface area contributed by atoms with Crippen molar-refractivity contribution < 1.29 is 4.79 Å². The molecule has 0 radical (unpaired) electrons. The molecule has 1 aromatic heterocycles. The van der Waals surface area contributed by atoms with Gasteiger partial charge in [0.25, 0.3) is 11.5 Å². The van der Waals surface area contributed by atoms with Gasteiger partial charge in [-0.1, -0.05) is 42.5 Å². The Morgan fingerprint density at radius 2 is 1.82 bits per heavy atom. The van der Waals surface area contributed by atoms with Crippen LogP contribution in [0.25, 0.3) is 5.69 Å². The molecule has 0 aliphatic rings. The van der Waals surface area contributed by atoms with Crippen LogP contribution in [0.3, 0.4) is 0 Å². The lowest BCUT2D eigenvalue weighted by atomic mass is 10.1. The molecule has 1 amide bonds. The lowest BCUT2D eigenvalue weighted by Gasteiger charge is -2.15. The van der Waals surface area contributed by atoms with Crippen LogP contribution in [-0.2, 0) is 6.54 Å². The molecule has 1 atom stereocenters. The SMILES string of the molecule is CCn1c(=O)c(C(=O)N[C@@H](C)c2ccccc2)nn(-c2cccc(C)c2)c1=O. The van der Waals surface area contributed by atoms with Crippen molar-refractivity contribution in [2.75, 3.05) is 0 Å². The fraction of sp³-hybridized carbons (Fsp3) is 0.238. The minimum absolute atomic E-state index is 0.139. The second-order valence-corrected chi connectivity index (χ2v) is 6.54. The maximum Gasteiger partial charge on any atom is 0.352 e. The quantitative estimate of drug-likeness (QED) is 0.738. The summed E-state index contributed by atoms with van der Waals surface area (Å²) in [7, 11) is 0. The van der Waals surface area contributed by atoms with Crippen molar-refractivity contribution in [1.29, 1.82) is 0 Å². The van der Waals surface area contributed by atoms with Crippen molar-refractivity contribution in [2.24, 2.45) is 0 Å². The van der Waals surface area contributed by atoms with Gasteiger partial charge in [0.05, 0.1) is 11.7 Å². The molecule has 0 fully saturated rings. The zero-order valence-corrected chi connectivity index (χ0v) is 16.0. The Balaban J connectivity index is 2.05. The van der Waals surface area contributed by atoms with Gasteiger partial charge >= 0.3 is 5.69 Å². The maximum absolute atomic E-state index is 12.8. The summed E-state index contributed by atoms with van der Waals surface area (Å²) >= 11 is 0. The number of benzene rings is 2. The topological polar surface area (TPSA) is 86.0 Å². The molecule has 1 N–H and O–H groups in total. The summed E-state index contributed by atoms with van der Waals surface area (Å²) in [5.74, 6) is -0.620. The van der Waals surface area contributed by atoms with E-state index in [2.05, 4.69) is 10.4 Å². The van der Waals surface area contributed by atoms with Gasteiger partial charge in [0.1, 0.15) is 0 Å². The highest BCUT2D eigenvalue weighted by atomic mass is 16.2. The van der Waals surface area contributed by atoms with Crippen LogP contribution in [0, 0.1) is 6.92 Å². The summed E-state index contributed by atoms with van der Waals surface area (Å²) in [6.07, 6.45) is 0. The Bertz CT molecular complexity index is 1120. The fourth-order valence-electron chi connectivity index (χ4n) is 2.95. The Morgan fingerprint density at radius 3 is 2.46 bits per heavy atom. The van der Waals surface area contributed by atoms with Gasteiger partial charge in [0.2, 0.25) is 5.69 Å². The van der Waals surface area contributed by atoms with Crippen LogP contribution in [0.4, 0.5) is 0 Å². The third kappa shape index (κ3) is 3.78. The molecule has 1 heterocycles. The molecule has 7 nitrogen and oxygen atoms in total. The number of hydrogen-bond donors (Lipinski definition) is 1. The summed E-state index contributed by atoms with van der Waals surface area (Å²) < 4.78 is 2.11. The van der Waals surface area contributed by atoms with Crippen molar-refractivity contribution in [3.05, 3.63) is 92.3 Å². The number of nitrogens with one attached hydrogen (secondary N) is 1. The number of amides is 1. The van der Waals surface area contributed by atoms with E-state index in [9.17, 15) is 14.4 Å². The number of aromatic nitrogens is 3. The predicted molar refractivity (Wildman–Crippen MR) is 107 cm³/mol. The van der Waals surface area contributed by atoms with Gasteiger partial charge in [0.15, 0.2) is 0 Å². The zero-order chi connectivity index (χ0) is 20.3. The Hall–Kier alpha value is -3.48. The van der Waals surface area contributed by atoms with E-state index in [-0.39, 0.29) is 18.3 Å². The summed E-state index contributed by atoms with van der Waals surface area (Å²) in [5, 5.41) is 6.88. The molecule has 0 saturated carbocycles. The van der Waals surface area contributed by atoms with E-state index < -0.39 is 17.2 Å². The maximum atomic E-state index is 12.8. The van der Waals surface area contributed by atoms with Crippen LogP contribution < -0.4 is 16.6 Å². The molecule has 0 spiro atoms. The zero-order valence-electron chi connectivity index (χ0n) is 16.0. The van der Waals surface area contributed by atoms with Gasteiger partial charge < -0.3 is 5.32 Å². The largest absolute Gasteiger partial charge is 0.352 e. The molecule has 0 unspecified atom stereocenters. The Kier molecular flexibility index (Phi) is 5.54. The number of rotatable bonds is 5. The fourth-order valence-corrected chi connectivity index (χ4v) is 2.95. The molecule has 0 saturated heterocycles. The molecule has 144 valence electrons. The average Bonchev–Trinajstić information content (AvgIpc) is 2.69. The second kappa shape index (κ2) is 8.04. The summed E-state index contributed by atoms with van der Waals surface area (Å²) in [6.45, 7) is 5.53. The average molecular weight is 378 g/mol. The lowest BCUT2D eigenvalue weighted by molar-refractivity contribution is 0.0930. The van der Waals surface area contributed by atoms with Gasteiger partial charge in [-0.25, -0.2) is 4.79 Å². The minimum Gasteiger partial charge on any atom is -0.344 e. The molecule has 28 heavy (non-hydrogen) atoms. The van der Waals surface area contributed by atoms with E-state index in [4.69, 9.17) is 0 Å². The highest BCUT2D eigenvalue weighted by Crippen LogP contribution is 2.11. The first-order chi connectivity index (χ1) is 13.4. The van der Waals surface area contributed by atoms with Crippen LogP contribution in [0.5, 0.6) is 0 Å². The van der Waals surface area contributed by atoms with Gasteiger partial charge in [0, 0.05) is 6.54 Å². The number of aryl methyl sites for hydroxylation is 1. The number of nitrogens with zero attached hydrogens (tertiary/aromatic N) is 3. The van der Waals surface area contributed by atoms with Crippen LogP contribution >= 0.6 is 0 Å². The molecule has 3 rings (SSSR count). The second-order valence-electron chi connectivity index (χ2n) is 6.54. The van der Waals surface area contributed by atoms with Crippen molar-refractivity contribution in [3.8, 4) is 5.69 Å². The van der Waals surface area contributed by atoms with Crippen molar-refractivity contribution in [1.82, 2.24) is 19.7 Å². The Labute approximate surface area is 162 Å². The molecule has 0 bridgehead atoms. The summed E-state index contributed by atoms with van der Waals surface area (Å²) in [4.78, 5) is 38.1. The molecule has 2 aromatic carbocycles. The third-order valence-corrected chi connectivity index (χ3v) is 4.48. The van der Waals surface area contributed by atoms with Crippen LogP contribution in [0.1, 0.15) is 41.5 Å². The third-order valence-electron chi connectivity index (χ3n) is 4.48. The van der Waals surface area contributed by atoms with Gasteiger partial charge in [-0.3, -0.25) is 14.2 Å². The van der Waals surface area contributed by atoms with E-state index in [1.165, 1.54) is 0 Å². The van der Waals surface area contributed by atoms with Gasteiger partial charge in [-0.2, -0.15) is 9.78 Å². The highest BCUT2D eigenvalue weighted by Gasteiger charge is 2.21. The number of carbonyl (C=O) groups excluding carboxylic acids is 1. The molecule has 0 aliphatic carbocycles. The molecular formula is C21H22N4O3. The summed E-state index contributed by atoms with van der Waals surface area (Å²) in [5.41, 5.74) is 0.742.